The normalized spacial score (nSPS) is 19.1. The summed E-state index contributed by atoms with van der Waals surface area (Å²) in [7, 11) is 0. The van der Waals surface area contributed by atoms with Crippen molar-refractivity contribution in [3.63, 3.8) is 0 Å². The molecule has 0 saturated carbocycles. The molecule has 0 N–H and O–H groups in total. The molecular weight excluding hydrogens is 218 g/mol. The molecule has 1 aromatic carbocycles. The minimum atomic E-state index is 0.472. The van der Waals surface area contributed by atoms with E-state index in [0.29, 0.717) is 5.41 Å². The first kappa shape index (κ1) is 13.6. The molecule has 0 unspecified atom stereocenters. The molecule has 18 heavy (non-hydrogen) atoms. The highest BCUT2D eigenvalue weighted by Gasteiger charge is 2.24. The van der Waals surface area contributed by atoms with Gasteiger partial charge in [0.05, 0.1) is 0 Å². The third-order valence-electron chi connectivity index (χ3n) is 4.47. The molecule has 1 heterocycles. The maximum atomic E-state index is 2.66. The SMILES string of the molecule is CCC(C)(C)CN1CCC(c2ccccc2)CC1. The fourth-order valence-corrected chi connectivity index (χ4v) is 2.87. The lowest BCUT2D eigenvalue weighted by Crippen LogP contribution is -2.39. The quantitative estimate of drug-likeness (QED) is 0.764. The first-order valence-electron chi connectivity index (χ1n) is 7.38. The maximum Gasteiger partial charge on any atom is 0.00326 e. The molecule has 1 fully saturated rings. The predicted octanol–water partition coefficient (Wildman–Crippen LogP) is 4.30. The van der Waals surface area contributed by atoms with Crippen LogP contribution in [-0.4, -0.2) is 24.5 Å². The van der Waals surface area contributed by atoms with Crippen LogP contribution in [0, 0.1) is 5.41 Å². The second-order valence-electron chi connectivity index (χ2n) is 6.48. The van der Waals surface area contributed by atoms with Crippen LogP contribution in [0.25, 0.3) is 0 Å². The van der Waals surface area contributed by atoms with Gasteiger partial charge in [0.15, 0.2) is 0 Å². The third kappa shape index (κ3) is 3.58. The number of hydrogen-bond donors (Lipinski definition) is 0. The second-order valence-corrected chi connectivity index (χ2v) is 6.48. The second kappa shape index (κ2) is 5.88. The van der Waals surface area contributed by atoms with Crippen molar-refractivity contribution in [2.75, 3.05) is 19.6 Å². The summed E-state index contributed by atoms with van der Waals surface area (Å²) in [5.41, 5.74) is 2.01. The summed E-state index contributed by atoms with van der Waals surface area (Å²) in [5.74, 6) is 0.784. The lowest BCUT2D eigenvalue weighted by Gasteiger charge is -2.37. The van der Waals surface area contributed by atoms with Gasteiger partial charge in [-0.1, -0.05) is 51.1 Å². The Balaban J connectivity index is 1.85. The van der Waals surface area contributed by atoms with Gasteiger partial charge in [-0.15, -0.1) is 0 Å². The van der Waals surface area contributed by atoms with Gasteiger partial charge in [-0.05, 0) is 49.2 Å². The summed E-state index contributed by atoms with van der Waals surface area (Å²) >= 11 is 0. The first-order chi connectivity index (χ1) is 8.61. The Labute approximate surface area is 112 Å². The van der Waals surface area contributed by atoms with E-state index < -0.39 is 0 Å². The van der Waals surface area contributed by atoms with Gasteiger partial charge in [0.2, 0.25) is 0 Å². The molecule has 1 nitrogen and oxygen atoms in total. The van der Waals surface area contributed by atoms with Crippen molar-refractivity contribution in [3.05, 3.63) is 35.9 Å². The van der Waals surface area contributed by atoms with E-state index in [1.165, 1.54) is 44.5 Å². The molecule has 1 aliphatic heterocycles. The molecule has 2 rings (SSSR count). The number of rotatable bonds is 4. The van der Waals surface area contributed by atoms with E-state index >= 15 is 0 Å². The van der Waals surface area contributed by atoms with Crippen molar-refractivity contribution in [1.82, 2.24) is 4.90 Å². The van der Waals surface area contributed by atoms with Crippen molar-refractivity contribution < 1.29 is 0 Å². The highest BCUT2D eigenvalue weighted by Crippen LogP contribution is 2.30. The van der Waals surface area contributed by atoms with Crippen LogP contribution in [0.15, 0.2) is 30.3 Å². The Hall–Kier alpha value is -0.820. The van der Waals surface area contributed by atoms with Crippen LogP contribution < -0.4 is 0 Å². The first-order valence-corrected chi connectivity index (χ1v) is 7.38. The zero-order valence-electron chi connectivity index (χ0n) is 12.2. The Morgan fingerprint density at radius 2 is 1.72 bits per heavy atom. The number of nitrogens with zero attached hydrogens (tertiary/aromatic N) is 1. The Morgan fingerprint density at radius 1 is 1.11 bits per heavy atom. The van der Waals surface area contributed by atoms with E-state index in [4.69, 9.17) is 0 Å². The van der Waals surface area contributed by atoms with Crippen molar-refractivity contribution in [2.24, 2.45) is 5.41 Å². The third-order valence-corrected chi connectivity index (χ3v) is 4.47. The van der Waals surface area contributed by atoms with E-state index in [1.807, 2.05) is 0 Å². The van der Waals surface area contributed by atoms with Crippen LogP contribution in [0.1, 0.15) is 51.5 Å². The molecule has 1 aliphatic rings. The van der Waals surface area contributed by atoms with E-state index in [1.54, 1.807) is 0 Å². The van der Waals surface area contributed by atoms with Gasteiger partial charge in [0, 0.05) is 6.54 Å². The van der Waals surface area contributed by atoms with Gasteiger partial charge >= 0.3 is 0 Å². The van der Waals surface area contributed by atoms with Crippen LogP contribution in [-0.2, 0) is 0 Å². The van der Waals surface area contributed by atoms with E-state index in [2.05, 4.69) is 56.0 Å². The lowest BCUT2D eigenvalue weighted by atomic mass is 9.86. The van der Waals surface area contributed by atoms with Crippen LogP contribution >= 0.6 is 0 Å². The lowest BCUT2D eigenvalue weighted by molar-refractivity contribution is 0.141. The fraction of sp³-hybridized carbons (Fsp3) is 0.647. The zero-order chi connectivity index (χ0) is 13.0. The highest BCUT2D eigenvalue weighted by atomic mass is 15.1. The van der Waals surface area contributed by atoms with E-state index in [9.17, 15) is 0 Å². The minimum Gasteiger partial charge on any atom is -0.303 e. The van der Waals surface area contributed by atoms with Gasteiger partial charge in [-0.3, -0.25) is 0 Å². The van der Waals surface area contributed by atoms with Crippen molar-refractivity contribution >= 4 is 0 Å². The number of hydrogen-bond acceptors (Lipinski definition) is 1. The number of piperidine rings is 1. The van der Waals surface area contributed by atoms with Gasteiger partial charge in [0.1, 0.15) is 0 Å². The minimum absolute atomic E-state index is 0.472. The topological polar surface area (TPSA) is 3.24 Å². The summed E-state index contributed by atoms with van der Waals surface area (Å²) in [6.45, 7) is 10.9. The number of benzene rings is 1. The van der Waals surface area contributed by atoms with Crippen molar-refractivity contribution in [2.45, 2.75) is 46.0 Å². The Kier molecular flexibility index (Phi) is 4.45. The van der Waals surface area contributed by atoms with Crippen molar-refractivity contribution in [1.29, 1.82) is 0 Å². The zero-order valence-corrected chi connectivity index (χ0v) is 12.2. The van der Waals surface area contributed by atoms with Crippen LogP contribution in [0.3, 0.4) is 0 Å². The standard InChI is InChI=1S/C17H27N/c1-4-17(2,3)14-18-12-10-16(11-13-18)15-8-6-5-7-9-15/h5-9,16H,4,10-14H2,1-3H3. The fourth-order valence-electron chi connectivity index (χ4n) is 2.87. The van der Waals surface area contributed by atoms with Gasteiger partial charge in [0.25, 0.3) is 0 Å². The highest BCUT2D eigenvalue weighted by molar-refractivity contribution is 5.20. The molecule has 0 aromatic heterocycles. The summed E-state index contributed by atoms with van der Waals surface area (Å²) < 4.78 is 0. The molecular formula is C17H27N. The smallest absolute Gasteiger partial charge is 0.00326 e. The molecule has 0 radical (unpaired) electrons. The monoisotopic (exact) mass is 245 g/mol. The molecule has 0 atom stereocenters. The largest absolute Gasteiger partial charge is 0.303 e. The molecule has 1 heteroatoms. The van der Waals surface area contributed by atoms with Gasteiger partial charge in [-0.25, -0.2) is 0 Å². The van der Waals surface area contributed by atoms with Gasteiger partial charge < -0.3 is 4.90 Å². The van der Waals surface area contributed by atoms with Crippen LogP contribution in [0.5, 0.6) is 0 Å². The van der Waals surface area contributed by atoms with E-state index in [-0.39, 0.29) is 0 Å². The average molecular weight is 245 g/mol. The Morgan fingerprint density at radius 3 is 2.28 bits per heavy atom. The summed E-state index contributed by atoms with van der Waals surface area (Å²) in [5, 5.41) is 0. The molecule has 0 spiro atoms. The molecule has 1 aromatic rings. The average Bonchev–Trinajstić information content (AvgIpc) is 2.40. The number of likely N-dealkylation sites (tertiary alicyclic amines) is 1. The Bertz CT molecular complexity index is 347. The predicted molar refractivity (Wildman–Crippen MR) is 78.9 cm³/mol. The van der Waals surface area contributed by atoms with E-state index in [0.717, 1.165) is 5.92 Å². The summed E-state index contributed by atoms with van der Waals surface area (Å²) in [6, 6.07) is 11.0. The van der Waals surface area contributed by atoms with Gasteiger partial charge in [-0.2, -0.15) is 0 Å². The van der Waals surface area contributed by atoms with Crippen LogP contribution in [0.2, 0.25) is 0 Å². The summed E-state index contributed by atoms with van der Waals surface area (Å²) in [6.07, 6.45) is 3.92. The molecule has 0 bridgehead atoms. The molecule has 0 aliphatic carbocycles. The molecule has 1 saturated heterocycles. The van der Waals surface area contributed by atoms with Crippen molar-refractivity contribution in [3.8, 4) is 0 Å². The van der Waals surface area contributed by atoms with Crippen LogP contribution in [0.4, 0.5) is 0 Å². The summed E-state index contributed by atoms with van der Waals surface area (Å²) in [4.78, 5) is 2.66. The maximum absolute atomic E-state index is 2.66. The molecule has 0 amide bonds. The molecule has 100 valence electrons.